The van der Waals surface area contributed by atoms with E-state index in [0.717, 1.165) is 0 Å². The standard InChI is InChI=1S/C13H25NO6S/c1-2-19-9-10-20-12-5-7-14(8-6-12)21(17,18)11-3-4-13(15)16/h12H,2-11H2,1H3,(H,15,16). The summed E-state index contributed by atoms with van der Waals surface area (Å²) < 4.78 is 36.4. The highest BCUT2D eigenvalue weighted by molar-refractivity contribution is 7.89. The number of hydrogen-bond donors (Lipinski definition) is 1. The van der Waals surface area contributed by atoms with Gasteiger partial charge in [0.05, 0.1) is 25.1 Å². The first kappa shape index (κ1) is 18.3. The van der Waals surface area contributed by atoms with E-state index < -0.39 is 16.0 Å². The summed E-state index contributed by atoms with van der Waals surface area (Å²) in [5.74, 6) is -1.07. The normalized spacial score (nSPS) is 18.0. The Morgan fingerprint density at radius 1 is 1.29 bits per heavy atom. The van der Waals surface area contributed by atoms with Gasteiger partial charge in [-0.2, -0.15) is 0 Å². The zero-order valence-electron chi connectivity index (χ0n) is 12.5. The lowest BCUT2D eigenvalue weighted by Gasteiger charge is -2.31. The molecule has 0 atom stereocenters. The molecule has 0 aromatic heterocycles. The molecular formula is C13H25NO6S. The lowest BCUT2D eigenvalue weighted by Crippen LogP contribution is -2.42. The van der Waals surface area contributed by atoms with Gasteiger partial charge >= 0.3 is 5.97 Å². The van der Waals surface area contributed by atoms with Crippen LogP contribution in [-0.2, 0) is 24.3 Å². The molecule has 0 aliphatic carbocycles. The average Bonchev–Trinajstić information content (AvgIpc) is 2.43. The van der Waals surface area contributed by atoms with Crippen molar-refractivity contribution in [2.45, 2.75) is 38.7 Å². The highest BCUT2D eigenvalue weighted by atomic mass is 32.2. The maximum absolute atomic E-state index is 12.0. The van der Waals surface area contributed by atoms with Gasteiger partial charge in [-0.15, -0.1) is 0 Å². The molecule has 0 unspecified atom stereocenters. The Hall–Kier alpha value is -0.700. The van der Waals surface area contributed by atoms with Crippen LogP contribution in [0.2, 0.25) is 0 Å². The largest absolute Gasteiger partial charge is 0.481 e. The second kappa shape index (κ2) is 9.34. The highest BCUT2D eigenvalue weighted by Gasteiger charge is 2.28. The van der Waals surface area contributed by atoms with Crippen molar-refractivity contribution in [2.75, 3.05) is 38.7 Å². The smallest absolute Gasteiger partial charge is 0.303 e. The van der Waals surface area contributed by atoms with Crippen molar-refractivity contribution in [1.82, 2.24) is 4.31 Å². The Morgan fingerprint density at radius 3 is 2.52 bits per heavy atom. The van der Waals surface area contributed by atoms with Crippen LogP contribution in [0.4, 0.5) is 0 Å². The number of carboxylic acid groups (broad SMARTS) is 1. The van der Waals surface area contributed by atoms with Crippen LogP contribution < -0.4 is 0 Å². The van der Waals surface area contributed by atoms with E-state index in [1.165, 1.54) is 4.31 Å². The van der Waals surface area contributed by atoms with Gasteiger partial charge in [-0.25, -0.2) is 12.7 Å². The molecule has 0 aromatic rings. The third kappa shape index (κ3) is 7.21. The first-order valence-corrected chi connectivity index (χ1v) is 8.95. The summed E-state index contributed by atoms with van der Waals surface area (Å²) >= 11 is 0. The van der Waals surface area contributed by atoms with Crippen molar-refractivity contribution in [2.24, 2.45) is 0 Å². The van der Waals surface area contributed by atoms with Gasteiger partial charge in [-0.05, 0) is 26.2 Å². The molecule has 0 saturated carbocycles. The van der Waals surface area contributed by atoms with E-state index in [0.29, 0.717) is 45.8 Å². The minimum Gasteiger partial charge on any atom is -0.481 e. The Kier molecular flexibility index (Phi) is 8.16. The number of carboxylic acids is 1. The molecule has 7 nitrogen and oxygen atoms in total. The molecule has 0 aromatic carbocycles. The summed E-state index contributed by atoms with van der Waals surface area (Å²) in [6.07, 6.45) is 1.46. The second-order valence-electron chi connectivity index (χ2n) is 4.98. The summed E-state index contributed by atoms with van der Waals surface area (Å²) in [4.78, 5) is 10.4. The third-order valence-electron chi connectivity index (χ3n) is 3.37. The fraction of sp³-hybridized carbons (Fsp3) is 0.923. The second-order valence-corrected chi connectivity index (χ2v) is 7.07. The molecule has 124 valence electrons. The van der Waals surface area contributed by atoms with E-state index in [9.17, 15) is 13.2 Å². The number of nitrogens with zero attached hydrogens (tertiary/aromatic N) is 1. The molecular weight excluding hydrogens is 298 g/mol. The van der Waals surface area contributed by atoms with Crippen molar-refractivity contribution in [3.8, 4) is 0 Å². The van der Waals surface area contributed by atoms with Gasteiger partial charge in [-0.1, -0.05) is 0 Å². The SMILES string of the molecule is CCOCCOC1CCN(S(=O)(=O)CCCC(=O)O)CC1. The Labute approximate surface area is 126 Å². The Morgan fingerprint density at radius 2 is 1.95 bits per heavy atom. The van der Waals surface area contributed by atoms with E-state index in [2.05, 4.69) is 0 Å². The van der Waals surface area contributed by atoms with Gasteiger partial charge in [0.1, 0.15) is 0 Å². The number of ether oxygens (including phenoxy) is 2. The van der Waals surface area contributed by atoms with E-state index in [1.807, 2.05) is 6.92 Å². The van der Waals surface area contributed by atoms with Gasteiger partial charge in [0, 0.05) is 26.1 Å². The van der Waals surface area contributed by atoms with Crippen LogP contribution in [0.5, 0.6) is 0 Å². The molecule has 1 aliphatic rings. The molecule has 0 radical (unpaired) electrons. The topological polar surface area (TPSA) is 93.1 Å². The maximum Gasteiger partial charge on any atom is 0.303 e. The number of piperidine rings is 1. The number of sulfonamides is 1. The van der Waals surface area contributed by atoms with Crippen LogP contribution in [0.3, 0.4) is 0 Å². The average molecular weight is 323 g/mol. The molecule has 1 rings (SSSR count). The lowest BCUT2D eigenvalue weighted by atomic mass is 10.1. The quantitative estimate of drug-likeness (QED) is 0.595. The lowest BCUT2D eigenvalue weighted by molar-refractivity contribution is -0.137. The Bertz CT molecular complexity index is 403. The number of aliphatic carboxylic acids is 1. The number of carbonyl (C=O) groups is 1. The highest BCUT2D eigenvalue weighted by Crippen LogP contribution is 2.17. The van der Waals surface area contributed by atoms with Crippen molar-refractivity contribution in [3.05, 3.63) is 0 Å². The summed E-state index contributed by atoms with van der Waals surface area (Å²) in [7, 11) is -3.34. The van der Waals surface area contributed by atoms with Crippen LogP contribution in [0, 0.1) is 0 Å². The first-order chi connectivity index (χ1) is 9.95. The predicted octanol–water partition coefficient (Wildman–Crippen LogP) is 0.699. The zero-order chi connectivity index (χ0) is 15.7. The minimum absolute atomic E-state index is 0.0796. The molecule has 0 bridgehead atoms. The van der Waals surface area contributed by atoms with E-state index in [1.54, 1.807) is 0 Å². The van der Waals surface area contributed by atoms with Crippen LogP contribution in [0.15, 0.2) is 0 Å². The van der Waals surface area contributed by atoms with Crippen LogP contribution >= 0.6 is 0 Å². The van der Waals surface area contributed by atoms with E-state index >= 15 is 0 Å². The third-order valence-corrected chi connectivity index (χ3v) is 5.33. The minimum atomic E-state index is -3.34. The first-order valence-electron chi connectivity index (χ1n) is 7.34. The molecule has 0 spiro atoms. The van der Waals surface area contributed by atoms with Crippen molar-refractivity contribution < 1.29 is 27.8 Å². The van der Waals surface area contributed by atoms with Crippen molar-refractivity contribution >= 4 is 16.0 Å². The summed E-state index contributed by atoms with van der Waals surface area (Å²) in [6.45, 7) is 4.56. The molecule has 8 heteroatoms. The summed E-state index contributed by atoms with van der Waals surface area (Å²) in [5.41, 5.74) is 0. The number of hydrogen-bond acceptors (Lipinski definition) is 5. The maximum atomic E-state index is 12.0. The van der Waals surface area contributed by atoms with Crippen LogP contribution in [0.1, 0.15) is 32.6 Å². The van der Waals surface area contributed by atoms with Crippen molar-refractivity contribution in [1.29, 1.82) is 0 Å². The van der Waals surface area contributed by atoms with Gasteiger partial charge in [0.25, 0.3) is 0 Å². The fourth-order valence-corrected chi connectivity index (χ4v) is 3.76. The fourth-order valence-electron chi connectivity index (χ4n) is 2.23. The molecule has 1 fully saturated rings. The molecule has 21 heavy (non-hydrogen) atoms. The predicted molar refractivity (Wildman–Crippen MR) is 77.7 cm³/mol. The molecule has 1 heterocycles. The van der Waals surface area contributed by atoms with Gasteiger partial charge < -0.3 is 14.6 Å². The van der Waals surface area contributed by atoms with Crippen molar-refractivity contribution in [3.63, 3.8) is 0 Å². The summed E-state index contributed by atoms with van der Waals surface area (Å²) in [5, 5.41) is 8.54. The zero-order valence-corrected chi connectivity index (χ0v) is 13.3. The van der Waals surface area contributed by atoms with Gasteiger partial charge in [0.2, 0.25) is 10.0 Å². The van der Waals surface area contributed by atoms with Gasteiger partial charge in [-0.3, -0.25) is 4.79 Å². The molecule has 1 N–H and O–H groups in total. The molecule has 1 aliphatic heterocycles. The number of rotatable bonds is 10. The van der Waals surface area contributed by atoms with Crippen LogP contribution in [0.25, 0.3) is 0 Å². The molecule has 0 amide bonds. The van der Waals surface area contributed by atoms with Gasteiger partial charge in [0.15, 0.2) is 0 Å². The molecule has 1 saturated heterocycles. The summed E-state index contributed by atoms with van der Waals surface area (Å²) in [6, 6.07) is 0. The van der Waals surface area contributed by atoms with E-state index in [4.69, 9.17) is 14.6 Å². The van der Waals surface area contributed by atoms with E-state index in [-0.39, 0.29) is 24.7 Å². The monoisotopic (exact) mass is 323 g/mol. The Balaban J connectivity index is 2.26. The van der Waals surface area contributed by atoms with Crippen LogP contribution in [-0.4, -0.2) is 68.6 Å².